The maximum atomic E-state index is 9.96. The van der Waals surface area contributed by atoms with Gasteiger partial charge in [-0.05, 0) is 0 Å². The Labute approximate surface area is 124 Å². The summed E-state index contributed by atoms with van der Waals surface area (Å²) in [4.78, 5) is 48.2. The van der Waals surface area contributed by atoms with Crippen molar-refractivity contribution >= 4 is 29.8 Å². The Morgan fingerprint density at radius 1 is 0.727 bits per heavy atom. The number of hydrogen-bond acceptors (Lipinski definition) is 6. The number of aliphatic carboxylic acids is 4. The molecule has 124 valence electrons. The molecule has 0 aromatic heterocycles. The minimum absolute atomic E-state index is 0.157. The van der Waals surface area contributed by atoms with Gasteiger partial charge >= 0.3 is 29.8 Å². The van der Waals surface area contributed by atoms with E-state index in [0.29, 0.717) is 30.7 Å². The number of carboxylic acid groups (broad SMARTS) is 4. The van der Waals surface area contributed by atoms with Crippen LogP contribution in [-0.2, 0) is 28.7 Å². The van der Waals surface area contributed by atoms with Crippen LogP contribution in [0.25, 0.3) is 0 Å². The third-order valence-electron chi connectivity index (χ3n) is 1.25. The normalized spacial score (nSPS) is 9.00. The number of carboxylic acids is 4. The zero-order chi connectivity index (χ0) is 18.1. The summed E-state index contributed by atoms with van der Waals surface area (Å²) in [5, 5.41) is 31.2. The first-order valence-corrected chi connectivity index (χ1v) is 5.41. The maximum Gasteiger partial charge on any atom is 0.328 e. The number of ether oxygens (including phenoxy) is 1. The third-order valence-corrected chi connectivity index (χ3v) is 1.25. The van der Waals surface area contributed by atoms with Crippen LogP contribution in [0.5, 0.6) is 0 Å². The number of hydrogen-bond donors (Lipinski definition) is 4. The van der Waals surface area contributed by atoms with Crippen LogP contribution >= 0.6 is 0 Å². The predicted octanol–water partition coefficient (Wildman–Crippen LogP) is -0.00700. The lowest BCUT2D eigenvalue weighted by atomic mass is 10.5. The zero-order valence-corrected chi connectivity index (χ0v) is 11.8. The van der Waals surface area contributed by atoms with Crippen LogP contribution in [-0.4, -0.2) is 57.4 Å². The number of rotatable bonds is 5. The molecule has 0 bridgehead atoms. The highest BCUT2D eigenvalue weighted by Gasteiger charge is 1.89. The summed E-state index contributed by atoms with van der Waals surface area (Å²) in [6.07, 6.45) is 2.70. The first-order chi connectivity index (χ1) is 10.1. The Morgan fingerprint density at radius 2 is 0.955 bits per heavy atom. The van der Waals surface area contributed by atoms with E-state index in [1.54, 1.807) is 6.92 Å². The molecule has 0 atom stereocenters. The van der Waals surface area contributed by atoms with Crippen LogP contribution in [0.1, 0.15) is 13.3 Å². The van der Waals surface area contributed by atoms with Crippen molar-refractivity contribution in [2.45, 2.75) is 13.3 Å². The Bertz CT molecular complexity index is 375. The minimum Gasteiger partial charge on any atom is -0.478 e. The quantitative estimate of drug-likeness (QED) is 0.398. The van der Waals surface area contributed by atoms with Crippen molar-refractivity contribution in [3.63, 3.8) is 0 Å². The second kappa shape index (κ2) is 15.9. The fraction of sp³-hybridized carbons (Fsp3) is 0.250. The largest absolute Gasteiger partial charge is 0.478 e. The van der Waals surface area contributed by atoms with Crippen molar-refractivity contribution in [2.75, 3.05) is 7.11 Å². The fourth-order valence-corrected chi connectivity index (χ4v) is 0.429. The third kappa shape index (κ3) is 36.0. The average molecular weight is 320 g/mol. The Kier molecular flexibility index (Phi) is 17.2. The Hall–Kier alpha value is -3.17. The van der Waals surface area contributed by atoms with Crippen molar-refractivity contribution in [3.8, 4) is 0 Å². The second-order valence-electron chi connectivity index (χ2n) is 2.95. The smallest absolute Gasteiger partial charge is 0.328 e. The van der Waals surface area contributed by atoms with Gasteiger partial charge in [0, 0.05) is 30.7 Å². The van der Waals surface area contributed by atoms with E-state index in [1.807, 2.05) is 0 Å². The van der Waals surface area contributed by atoms with Crippen LogP contribution in [0.15, 0.2) is 24.3 Å². The molecular formula is C12H16O10. The fourth-order valence-electron chi connectivity index (χ4n) is 0.429. The molecule has 0 heterocycles. The van der Waals surface area contributed by atoms with E-state index in [4.69, 9.17) is 20.4 Å². The standard InChI is InChI=1S/2C4H4O4.C4H8O2/c2*5-3(6)1-2-4(7)8;1-3-4(5)6-2/h2*1-2H,(H,5,6)(H,7,8);3H2,1-2H3/b2*2-1+;. The van der Waals surface area contributed by atoms with Gasteiger partial charge in [-0.15, -0.1) is 0 Å². The summed E-state index contributed by atoms with van der Waals surface area (Å²) in [5.41, 5.74) is 0. The van der Waals surface area contributed by atoms with E-state index in [2.05, 4.69) is 4.74 Å². The molecule has 0 saturated heterocycles. The summed E-state index contributed by atoms with van der Waals surface area (Å²) in [6.45, 7) is 1.76. The molecule has 0 saturated carbocycles. The van der Waals surface area contributed by atoms with Gasteiger partial charge in [0.15, 0.2) is 0 Å². The molecule has 10 nitrogen and oxygen atoms in total. The lowest BCUT2D eigenvalue weighted by molar-refractivity contribution is -0.140. The average Bonchev–Trinajstić information content (AvgIpc) is 2.43. The van der Waals surface area contributed by atoms with Crippen molar-refractivity contribution in [2.24, 2.45) is 0 Å². The van der Waals surface area contributed by atoms with E-state index in [-0.39, 0.29) is 5.97 Å². The topological polar surface area (TPSA) is 176 Å². The molecular weight excluding hydrogens is 304 g/mol. The molecule has 22 heavy (non-hydrogen) atoms. The van der Waals surface area contributed by atoms with Crippen molar-refractivity contribution < 1.29 is 49.1 Å². The molecule has 10 heteroatoms. The van der Waals surface area contributed by atoms with E-state index in [9.17, 15) is 24.0 Å². The molecule has 0 aliphatic heterocycles. The molecule has 0 radical (unpaired) electrons. The zero-order valence-electron chi connectivity index (χ0n) is 11.8. The summed E-state index contributed by atoms with van der Waals surface area (Å²) in [6, 6.07) is 0. The van der Waals surface area contributed by atoms with Crippen molar-refractivity contribution in [1.29, 1.82) is 0 Å². The van der Waals surface area contributed by atoms with Crippen molar-refractivity contribution in [1.82, 2.24) is 0 Å². The molecule has 0 aromatic carbocycles. The molecule has 0 fully saturated rings. The monoisotopic (exact) mass is 320 g/mol. The van der Waals surface area contributed by atoms with Crippen molar-refractivity contribution in [3.05, 3.63) is 24.3 Å². The highest BCUT2D eigenvalue weighted by molar-refractivity contribution is 5.90. The van der Waals surface area contributed by atoms with Crippen LogP contribution < -0.4 is 0 Å². The van der Waals surface area contributed by atoms with Gasteiger partial charge in [0.05, 0.1) is 7.11 Å². The number of methoxy groups -OCH3 is 1. The lowest BCUT2D eigenvalue weighted by Crippen LogP contribution is -1.94. The summed E-state index contributed by atoms with van der Waals surface area (Å²) in [7, 11) is 1.38. The van der Waals surface area contributed by atoms with E-state index in [1.165, 1.54) is 7.11 Å². The number of esters is 1. The van der Waals surface area contributed by atoms with Gasteiger partial charge < -0.3 is 25.2 Å². The highest BCUT2D eigenvalue weighted by Crippen LogP contribution is 1.76. The van der Waals surface area contributed by atoms with Crippen LogP contribution in [0.4, 0.5) is 0 Å². The van der Waals surface area contributed by atoms with Gasteiger partial charge in [0.25, 0.3) is 0 Å². The highest BCUT2D eigenvalue weighted by atomic mass is 16.5. The molecule has 4 N–H and O–H groups in total. The number of carbonyl (C=O) groups is 5. The minimum atomic E-state index is -1.26. The van der Waals surface area contributed by atoms with E-state index < -0.39 is 23.9 Å². The first-order valence-electron chi connectivity index (χ1n) is 5.41. The lowest BCUT2D eigenvalue weighted by Gasteiger charge is -1.87. The van der Waals surface area contributed by atoms with Crippen LogP contribution in [0.3, 0.4) is 0 Å². The van der Waals surface area contributed by atoms with Crippen LogP contribution in [0.2, 0.25) is 0 Å². The van der Waals surface area contributed by atoms with Gasteiger partial charge in [0.1, 0.15) is 0 Å². The van der Waals surface area contributed by atoms with E-state index >= 15 is 0 Å². The van der Waals surface area contributed by atoms with Gasteiger partial charge in [-0.2, -0.15) is 0 Å². The van der Waals surface area contributed by atoms with E-state index in [0.717, 1.165) is 0 Å². The molecule has 0 amide bonds. The predicted molar refractivity (Wildman–Crippen MR) is 71.1 cm³/mol. The maximum absolute atomic E-state index is 9.96. The SMILES string of the molecule is CCC(=O)OC.O=C(O)/C=C/C(=O)O.O=C(O)/C=C/C(=O)O. The van der Waals surface area contributed by atoms with Gasteiger partial charge in [-0.3, -0.25) is 4.79 Å². The van der Waals surface area contributed by atoms with Gasteiger partial charge in [0.2, 0.25) is 0 Å². The molecule has 0 aliphatic rings. The van der Waals surface area contributed by atoms with Gasteiger partial charge in [-0.25, -0.2) is 19.2 Å². The molecule has 0 rings (SSSR count). The van der Waals surface area contributed by atoms with Crippen LogP contribution in [0, 0.1) is 0 Å². The number of carbonyl (C=O) groups excluding carboxylic acids is 1. The molecule has 0 aromatic rings. The first kappa shape index (κ1) is 23.9. The molecule has 0 aliphatic carbocycles. The Morgan fingerprint density at radius 3 is 1.00 bits per heavy atom. The Balaban J connectivity index is -0.000000249. The summed E-state index contributed by atoms with van der Waals surface area (Å²) < 4.78 is 4.26. The molecule has 0 spiro atoms. The summed E-state index contributed by atoms with van der Waals surface area (Å²) in [5.74, 6) is -5.19. The van der Waals surface area contributed by atoms with Gasteiger partial charge in [-0.1, -0.05) is 6.92 Å². The summed E-state index contributed by atoms with van der Waals surface area (Å²) >= 11 is 0. The second-order valence-corrected chi connectivity index (χ2v) is 2.95. The molecule has 0 unspecified atom stereocenters.